The van der Waals surface area contributed by atoms with Crippen LogP contribution in [0.2, 0.25) is 0 Å². The van der Waals surface area contributed by atoms with Crippen LogP contribution in [-0.2, 0) is 4.79 Å². The first kappa shape index (κ1) is 16.3. The molecule has 0 aliphatic rings. The third-order valence-corrected chi connectivity index (χ3v) is 4.40. The number of carbonyl (C=O) groups excluding carboxylic acids is 1. The van der Waals surface area contributed by atoms with Crippen molar-refractivity contribution in [2.45, 2.75) is 18.1 Å². The monoisotopic (exact) mass is 338 g/mol. The maximum absolute atomic E-state index is 10.8. The summed E-state index contributed by atoms with van der Waals surface area (Å²) in [5.41, 5.74) is 8.01. The van der Waals surface area contributed by atoms with Crippen molar-refractivity contribution in [1.29, 1.82) is 0 Å². The van der Waals surface area contributed by atoms with Crippen LogP contribution in [0, 0.1) is 0 Å². The van der Waals surface area contributed by atoms with Crippen LogP contribution < -0.4 is 5.73 Å². The van der Waals surface area contributed by atoms with Crippen molar-refractivity contribution < 1.29 is 9.21 Å². The van der Waals surface area contributed by atoms with Gasteiger partial charge < -0.3 is 10.2 Å². The Morgan fingerprint density at radius 3 is 2.25 bits per heavy atom. The van der Waals surface area contributed by atoms with Gasteiger partial charge in [-0.1, -0.05) is 72.4 Å². The summed E-state index contributed by atoms with van der Waals surface area (Å²) in [4.78, 5) is 15.5. The number of nitrogens with zero attached hydrogens (tertiary/aromatic N) is 1. The van der Waals surface area contributed by atoms with Gasteiger partial charge in [-0.2, -0.15) is 0 Å². The zero-order valence-corrected chi connectivity index (χ0v) is 14.0. The first-order valence-electron chi connectivity index (χ1n) is 7.77. The summed E-state index contributed by atoms with van der Waals surface area (Å²) in [7, 11) is 0. The summed E-state index contributed by atoms with van der Waals surface area (Å²) < 4.78 is 6.00. The van der Waals surface area contributed by atoms with Crippen LogP contribution in [0.3, 0.4) is 0 Å². The van der Waals surface area contributed by atoms with Crippen LogP contribution in [0.5, 0.6) is 0 Å². The minimum absolute atomic E-state index is 0.280. The van der Waals surface area contributed by atoms with E-state index in [4.69, 9.17) is 10.2 Å². The van der Waals surface area contributed by atoms with E-state index in [-0.39, 0.29) is 5.91 Å². The molecule has 2 N–H and O–H groups in total. The average Bonchev–Trinajstić information content (AvgIpc) is 3.04. The largest absolute Gasteiger partial charge is 0.431 e. The zero-order valence-electron chi connectivity index (χ0n) is 13.1. The summed E-state index contributed by atoms with van der Waals surface area (Å²) in [6.07, 6.45) is 1.09. The van der Waals surface area contributed by atoms with E-state index in [0.29, 0.717) is 18.1 Å². The molecule has 5 heteroatoms. The molecule has 0 saturated carbocycles. The lowest BCUT2D eigenvalue weighted by Crippen LogP contribution is -2.09. The number of oxazole rings is 1. The fourth-order valence-corrected chi connectivity index (χ4v) is 3.11. The third kappa shape index (κ3) is 4.06. The number of primary amides is 1. The molecule has 122 valence electrons. The highest BCUT2D eigenvalue weighted by atomic mass is 32.2. The number of amides is 1. The Balaban J connectivity index is 1.87. The molecule has 0 saturated heterocycles. The second kappa shape index (κ2) is 7.84. The smallest absolute Gasteiger partial charge is 0.256 e. The minimum Gasteiger partial charge on any atom is -0.431 e. The number of benzene rings is 2. The first-order valence-corrected chi connectivity index (χ1v) is 8.75. The number of carbonyl (C=O) groups is 1. The van der Waals surface area contributed by atoms with Crippen molar-refractivity contribution in [1.82, 2.24) is 4.98 Å². The minimum atomic E-state index is -0.280. The molecule has 0 aliphatic carbocycles. The Morgan fingerprint density at radius 2 is 1.62 bits per heavy atom. The van der Waals surface area contributed by atoms with Crippen molar-refractivity contribution in [2.24, 2.45) is 5.73 Å². The van der Waals surface area contributed by atoms with Crippen LogP contribution in [0.25, 0.3) is 22.6 Å². The fraction of sp³-hybridized carbons (Fsp3) is 0.158. The van der Waals surface area contributed by atoms with Crippen LogP contribution in [0.4, 0.5) is 0 Å². The summed E-state index contributed by atoms with van der Waals surface area (Å²) in [6, 6.07) is 19.9. The van der Waals surface area contributed by atoms with E-state index in [0.717, 1.165) is 28.3 Å². The molecule has 3 aromatic rings. The van der Waals surface area contributed by atoms with E-state index < -0.39 is 0 Å². The predicted octanol–water partition coefficient (Wildman–Crippen LogP) is 4.37. The van der Waals surface area contributed by atoms with E-state index in [9.17, 15) is 4.79 Å². The average molecular weight is 338 g/mol. The summed E-state index contributed by atoms with van der Waals surface area (Å²) >= 11 is 1.50. The maximum atomic E-state index is 10.8. The first-order chi connectivity index (χ1) is 11.7. The fourth-order valence-electron chi connectivity index (χ4n) is 2.34. The lowest BCUT2D eigenvalue weighted by atomic mass is 10.1. The molecule has 1 amide bonds. The Labute approximate surface area is 145 Å². The summed E-state index contributed by atoms with van der Waals surface area (Å²) in [5.74, 6) is 1.23. The zero-order chi connectivity index (χ0) is 16.8. The molecule has 1 heterocycles. The molecule has 2 aromatic carbocycles. The van der Waals surface area contributed by atoms with Crippen molar-refractivity contribution >= 4 is 17.7 Å². The standard InChI is InChI=1S/C19H18N2O2S/c20-16(22)12-7-13-24-19-21-17(14-8-3-1-4-9-14)18(23-19)15-10-5-2-6-11-15/h1-6,8-11H,7,12-13H2,(H2,20,22). The van der Waals surface area contributed by atoms with Crippen LogP contribution >= 0.6 is 11.8 Å². The summed E-state index contributed by atoms with van der Waals surface area (Å²) in [6.45, 7) is 0. The molecule has 0 atom stereocenters. The number of nitrogens with two attached hydrogens (primary N) is 1. The highest BCUT2D eigenvalue weighted by Crippen LogP contribution is 2.35. The molecule has 0 bridgehead atoms. The van der Waals surface area contributed by atoms with Gasteiger partial charge in [0.15, 0.2) is 5.76 Å². The SMILES string of the molecule is NC(=O)CCCSc1nc(-c2ccccc2)c(-c2ccccc2)o1. The number of thioether (sulfide) groups is 1. The Bertz CT molecular complexity index is 744. The van der Waals surface area contributed by atoms with E-state index in [1.54, 1.807) is 0 Å². The topological polar surface area (TPSA) is 69.1 Å². The van der Waals surface area contributed by atoms with Gasteiger partial charge in [0.2, 0.25) is 5.91 Å². The van der Waals surface area contributed by atoms with Gasteiger partial charge in [-0.05, 0) is 6.42 Å². The molecule has 0 radical (unpaired) electrons. The number of hydrogen-bond donors (Lipinski definition) is 1. The predicted molar refractivity (Wildman–Crippen MR) is 96.5 cm³/mol. The van der Waals surface area contributed by atoms with Gasteiger partial charge in [-0.15, -0.1) is 0 Å². The van der Waals surface area contributed by atoms with E-state index in [1.807, 2.05) is 60.7 Å². The Hall–Kier alpha value is -2.53. The van der Waals surface area contributed by atoms with Crippen LogP contribution in [-0.4, -0.2) is 16.6 Å². The van der Waals surface area contributed by atoms with E-state index >= 15 is 0 Å². The van der Waals surface area contributed by atoms with E-state index in [1.165, 1.54) is 11.8 Å². The Kier molecular flexibility index (Phi) is 5.33. The van der Waals surface area contributed by atoms with Gasteiger partial charge in [-0.3, -0.25) is 4.79 Å². The van der Waals surface area contributed by atoms with Gasteiger partial charge in [0.25, 0.3) is 5.22 Å². The molecule has 1 aromatic heterocycles. The van der Waals surface area contributed by atoms with Crippen LogP contribution in [0.15, 0.2) is 70.3 Å². The molecule has 0 fully saturated rings. The van der Waals surface area contributed by atoms with Crippen molar-refractivity contribution in [3.8, 4) is 22.6 Å². The van der Waals surface area contributed by atoms with Crippen molar-refractivity contribution in [3.63, 3.8) is 0 Å². The Morgan fingerprint density at radius 1 is 1.00 bits per heavy atom. The second-order valence-electron chi connectivity index (χ2n) is 5.31. The molecule has 24 heavy (non-hydrogen) atoms. The highest BCUT2D eigenvalue weighted by Gasteiger charge is 2.16. The van der Waals surface area contributed by atoms with E-state index in [2.05, 4.69) is 4.98 Å². The number of aromatic nitrogens is 1. The third-order valence-electron chi connectivity index (χ3n) is 3.48. The van der Waals surface area contributed by atoms with Crippen molar-refractivity contribution in [3.05, 3.63) is 60.7 Å². The molecule has 0 spiro atoms. The molecular formula is C19H18N2O2S. The molecule has 4 nitrogen and oxygen atoms in total. The van der Waals surface area contributed by atoms with Gasteiger partial charge >= 0.3 is 0 Å². The summed E-state index contributed by atoms with van der Waals surface area (Å²) in [5, 5.41) is 0.608. The number of hydrogen-bond acceptors (Lipinski definition) is 4. The van der Waals surface area contributed by atoms with Gasteiger partial charge in [0.05, 0.1) is 0 Å². The lowest BCUT2D eigenvalue weighted by Gasteiger charge is -2.00. The highest BCUT2D eigenvalue weighted by molar-refractivity contribution is 7.99. The molecule has 0 unspecified atom stereocenters. The lowest BCUT2D eigenvalue weighted by molar-refractivity contribution is -0.118. The van der Waals surface area contributed by atoms with Gasteiger partial charge in [-0.25, -0.2) is 4.98 Å². The number of rotatable bonds is 7. The van der Waals surface area contributed by atoms with Crippen LogP contribution in [0.1, 0.15) is 12.8 Å². The second-order valence-corrected chi connectivity index (χ2v) is 6.35. The maximum Gasteiger partial charge on any atom is 0.256 e. The molecule has 0 aliphatic heterocycles. The normalized spacial score (nSPS) is 10.7. The van der Waals surface area contributed by atoms with Gasteiger partial charge in [0, 0.05) is 23.3 Å². The quantitative estimate of drug-likeness (QED) is 0.513. The van der Waals surface area contributed by atoms with Gasteiger partial charge in [0.1, 0.15) is 5.69 Å². The van der Waals surface area contributed by atoms with Crippen molar-refractivity contribution in [2.75, 3.05) is 5.75 Å². The molecule has 3 rings (SSSR count). The molecular weight excluding hydrogens is 320 g/mol.